The van der Waals surface area contributed by atoms with E-state index in [0.29, 0.717) is 0 Å². The van der Waals surface area contributed by atoms with Crippen molar-refractivity contribution in [2.24, 2.45) is 4.99 Å². The summed E-state index contributed by atoms with van der Waals surface area (Å²) >= 11 is 0. The zero-order chi connectivity index (χ0) is 12.9. The van der Waals surface area contributed by atoms with Crippen molar-refractivity contribution in [3.8, 4) is 0 Å². The van der Waals surface area contributed by atoms with E-state index in [9.17, 15) is 4.79 Å². The van der Waals surface area contributed by atoms with Gasteiger partial charge in [-0.2, -0.15) is 6.92 Å². The van der Waals surface area contributed by atoms with Crippen molar-refractivity contribution in [3.63, 3.8) is 0 Å². The zero-order valence-electron chi connectivity index (χ0n) is 11.2. The van der Waals surface area contributed by atoms with Gasteiger partial charge in [0.25, 0.3) is 0 Å². The van der Waals surface area contributed by atoms with Gasteiger partial charge in [-0.05, 0) is 11.6 Å². The Labute approximate surface area is 135 Å². The molecule has 0 amide bonds. The molecular weight excluding hydrogens is 448 g/mol. The Kier molecular flexibility index (Phi) is 16.3. The molecule has 0 spiro atoms. The maximum atomic E-state index is 10.6. The van der Waals surface area contributed by atoms with Crippen molar-refractivity contribution in [1.29, 1.82) is 0 Å². The first-order valence-electron chi connectivity index (χ1n) is 6.03. The number of benzene rings is 1. The fourth-order valence-corrected chi connectivity index (χ4v) is 1.28. The summed E-state index contributed by atoms with van der Waals surface area (Å²) in [6.45, 7) is 7.10. The first kappa shape index (κ1) is 19.9. The Morgan fingerprint density at radius 2 is 1.94 bits per heavy atom. The molecule has 0 saturated heterocycles. The van der Waals surface area contributed by atoms with Gasteiger partial charge in [0.05, 0.1) is 0 Å². The van der Waals surface area contributed by atoms with E-state index in [2.05, 4.69) is 18.8 Å². The van der Waals surface area contributed by atoms with Crippen molar-refractivity contribution in [3.05, 3.63) is 42.8 Å². The molecular formula is C15H21NOU. The third kappa shape index (κ3) is 9.62. The molecule has 1 atom stereocenters. The first-order valence-corrected chi connectivity index (χ1v) is 6.03. The molecule has 1 aromatic carbocycles. The molecule has 0 aliphatic rings. The zero-order valence-corrected chi connectivity index (χ0v) is 15.4. The van der Waals surface area contributed by atoms with Crippen molar-refractivity contribution < 1.29 is 35.9 Å². The smallest absolute Gasteiger partial charge is 0.540 e. The van der Waals surface area contributed by atoms with Crippen LogP contribution in [-0.2, 0) is 4.79 Å². The molecule has 96 valence electrons. The molecule has 0 fully saturated rings. The third-order valence-electron chi connectivity index (χ3n) is 2.17. The monoisotopic (exact) mass is 469 g/mol. The normalized spacial score (nSPS) is 11.1. The summed E-state index contributed by atoms with van der Waals surface area (Å²) in [5.74, 6) is 0. The molecule has 0 aliphatic heterocycles. The van der Waals surface area contributed by atoms with Crippen LogP contribution >= 0.6 is 0 Å². The van der Waals surface area contributed by atoms with Crippen LogP contribution in [0.15, 0.2) is 35.3 Å². The molecule has 1 rings (SSSR count). The van der Waals surface area contributed by atoms with Crippen LogP contribution in [0, 0.1) is 38.0 Å². The third-order valence-corrected chi connectivity index (χ3v) is 2.17. The Balaban J connectivity index is 0. The average molecular weight is 469 g/mol. The van der Waals surface area contributed by atoms with E-state index in [0.717, 1.165) is 24.8 Å². The number of carbonyl (C=O) groups excluding carboxylic acids is 1. The van der Waals surface area contributed by atoms with Gasteiger partial charge in [0.2, 0.25) is 0 Å². The molecule has 0 aromatic heterocycles. The predicted octanol–water partition coefficient (Wildman–Crippen LogP) is 3.61. The second kappa shape index (κ2) is 14.7. The summed E-state index contributed by atoms with van der Waals surface area (Å²) in [6.07, 6.45) is 6.60. The number of unbranched alkanes of at least 4 members (excludes halogenated alkanes) is 1. The largest absolute Gasteiger partial charge is 2.00 e. The van der Waals surface area contributed by atoms with Crippen molar-refractivity contribution in [2.45, 2.75) is 39.2 Å². The first-order chi connectivity index (χ1) is 8.36. The van der Waals surface area contributed by atoms with E-state index >= 15 is 0 Å². The van der Waals surface area contributed by atoms with E-state index in [-0.39, 0.29) is 37.2 Å². The molecule has 1 unspecified atom stereocenters. The Hall–Kier alpha value is -0.388. The summed E-state index contributed by atoms with van der Waals surface area (Å²) in [7, 11) is 0. The Bertz CT molecular complexity index is 312. The van der Waals surface area contributed by atoms with Crippen LogP contribution in [-0.4, -0.2) is 18.5 Å². The SMILES string of the molecule is CCCCC([C-]=O)N=Cc1ccccc1.[CH2-]C.[U+2]. The van der Waals surface area contributed by atoms with E-state index in [1.807, 2.05) is 36.6 Å². The predicted molar refractivity (Wildman–Crippen MR) is 74.1 cm³/mol. The van der Waals surface area contributed by atoms with Crippen molar-refractivity contribution in [1.82, 2.24) is 0 Å². The Morgan fingerprint density at radius 1 is 1.33 bits per heavy atom. The summed E-state index contributed by atoms with van der Waals surface area (Å²) in [6, 6.07) is 9.49. The molecule has 0 heterocycles. The Morgan fingerprint density at radius 3 is 2.44 bits per heavy atom. The molecule has 2 nitrogen and oxygen atoms in total. The second-order valence-electron chi connectivity index (χ2n) is 3.46. The van der Waals surface area contributed by atoms with E-state index in [4.69, 9.17) is 0 Å². The van der Waals surface area contributed by atoms with Crippen LogP contribution in [0.3, 0.4) is 0 Å². The van der Waals surface area contributed by atoms with Gasteiger partial charge in [-0.15, -0.1) is 0 Å². The van der Waals surface area contributed by atoms with Crippen molar-refractivity contribution in [2.75, 3.05) is 0 Å². The fraction of sp³-hybridized carbons (Fsp3) is 0.400. The van der Waals surface area contributed by atoms with Crippen molar-refractivity contribution >= 4 is 12.5 Å². The molecule has 0 N–H and O–H groups in total. The van der Waals surface area contributed by atoms with Gasteiger partial charge in [-0.25, -0.2) is 6.29 Å². The van der Waals surface area contributed by atoms with E-state index in [1.165, 1.54) is 0 Å². The number of rotatable bonds is 6. The number of hydrogen-bond donors (Lipinski definition) is 0. The molecule has 0 radical (unpaired) electrons. The molecule has 0 aliphatic carbocycles. The van der Waals surface area contributed by atoms with Crippen LogP contribution in [0.2, 0.25) is 0 Å². The van der Waals surface area contributed by atoms with Crippen LogP contribution in [0.4, 0.5) is 0 Å². The number of aliphatic imine (C=N–C) groups is 1. The fourth-order valence-electron chi connectivity index (χ4n) is 1.28. The minimum absolute atomic E-state index is 0. The van der Waals surface area contributed by atoms with Gasteiger partial charge in [-0.3, -0.25) is 0 Å². The van der Waals surface area contributed by atoms with E-state index in [1.54, 1.807) is 13.1 Å². The number of nitrogens with zero attached hydrogens (tertiary/aromatic N) is 1. The van der Waals surface area contributed by atoms with Crippen LogP contribution in [0.1, 0.15) is 38.7 Å². The topological polar surface area (TPSA) is 29.4 Å². The standard InChI is InChI=1S/C13H16NO.C2H5.U/c1-2-3-9-13(11-15)14-10-12-7-5-4-6-8-12;1-2;/h4-8,10,13H,2-3,9H2,1H3;1H2,2H3;/q2*-1;+2. The molecule has 3 heteroatoms. The van der Waals surface area contributed by atoms with Crippen LogP contribution in [0.5, 0.6) is 0 Å². The maximum Gasteiger partial charge on any atom is 2.00 e. The van der Waals surface area contributed by atoms with Crippen LogP contribution < -0.4 is 0 Å². The maximum absolute atomic E-state index is 10.6. The van der Waals surface area contributed by atoms with Gasteiger partial charge in [-0.1, -0.05) is 56.5 Å². The molecule has 18 heavy (non-hydrogen) atoms. The summed E-state index contributed by atoms with van der Waals surface area (Å²) in [5.41, 5.74) is 1.02. The minimum Gasteiger partial charge on any atom is -0.540 e. The molecule has 0 bridgehead atoms. The van der Waals surface area contributed by atoms with E-state index < -0.39 is 0 Å². The van der Waals surface area contributed by atoms with Gasteiger partial charge in [0.15, 0.2) is 0 Å². The van der Waals surface area contributed by atoms with Gasteiger partial charge >= 0.3 is 31.1 Å². The quantitative estimate of drug-likeness (QED) is 0.463. The minimum atomic E-state index is -0.301. The number of hydrogen-bond acceptors (Lipinski definition) is 2. The second-order valence-corrected chi connectivity index (χ2v) is 3.46. The molecule has 1 aromatic rings. The van der Waals surface area contributed by atoms with Crippen LogP contribution in [0.25, 0.3) is 0 Å². The van der Waals surface area contributed by atoms with Gasteiger partial charge in [0.1, 0.15) is 0 Å². The summed E-state index contributed by atoms with van der Waals surface area (Å²) in [5, 5.41) is 0. The summed E-state index contributed by atoms with van der Waals surface area (Å²) < 4.78 is 0. The molecule has 0 saturated carbocycles. The van der Waals surface area contributed by atoms with Gasteiger partial charge < -0.3 is 16.7 Å². The summed E-state index contributed by atoms with van der Waals surface area (Å²) in [4.78, 5) is 14.8. The van der Waals surface area contributed by atoms with Gasteiger partial charge in [0, 0.05) is 6.21 Å². The average Bonchev–Trinajstić information content (AvgIpc) is 2.42.